The Kier molecular flexibility index (Phi) is 2.93. The second-order valence-corrected chi connectivity index (χ2v) is 2.32. The molecule has 1 aromatic carbocycles. The average molecular weight is 194 g/mol. The first-order valence-electron chi connectivity index (χ1n) is 3.59. The van der Waals surface area contributed by atoms with E-state index < -0.39 is 4.92 Å². The maximum Gasteiger partial charge on any atom is 0.271 e. The van der Waals surface area contributed by atoms with E-state index in [-0.39, 0.29) is 11.4 Å². The largest absolute Gasteiger partial charge is 0.494 e. The first-order chi connectivity index (χ1) is 6.69. The van der Waals surface area contributed by atoms with Crippen molar-refractivity contribution in [1.29, 1.82) is 0 Å². The lowest BCUT2D eigenvalue weighted by molar-refractivity contribution is -0.384. The molecule has 0 unspecified atom stereocenters. The maximum atomic E-state index is 10.4. The van der Waals surface area contributed by atoms with Crippen LogP contribution in [0.3, 0.4) is 0 Å². The lowest BCUT2D eigenvalue weighted by Crippen LogP contribution is -1.89. The summed E-state index contributed by atoms with van der Waals surface area (Å²) in [4.78, 5) is 23.1. The molecule has 0 bridgehead atoms. The number of benzene rings is 1. The highest BCUT2D eigenvalue weighted by atomic mass is 16.6. The SMILES string of the molecule is COc1ccc([N+](=O)[O-])cc1N=C=O. The van der Waals surface area contributed by atoms with Crippen LogP contribution >= 0.6 is 0 Å². The molecule has 0 aliphatic carbocycles. The summed E-state index contributed by atoms with van der Waals surface area (Å²) >= 11 is 0. The van der Waals surface area contributed by atoms with Gasteiger partial charge in [-0.3, -0.25) is 10.1 Å². The van der Waals surface area contributed by atoms with Crippen LogP contribution in [0.25, 0.3) is 0 Å². The van der Waals surface area contributed by atoms with Crippen LogP contribution in [-0.2, 0) is 4.79 Å². The second-order valence-electron chi connectivity index (χ2n) is 2.32. The van der Waals surface area contributed by atoms with Gasteiger partial charge in [0.1, 0.15) is 11.4 Å². The summed E-state index contributed by atoms with van der Waals surface area (Å²) in [6.07, 6.45) is 1.30. The second kappa shape index (κ2) is 4.15. The number of nitrogens with zero attached hydrogens (tertiary/aromatic N) is 2. The fourth-order valence-corrected chi connectivity index (χ4v) is 0.928. The lowest BCUT2D eigenvalue weighted by Gasteiger charge is -2.01. The van der Waals surface area contributed by atoms with Gasteiger partial charge in [-0.2, -0.15) is 4.99 Å². The van der Waals surface area contributed by atoms with E-state index in [1.54, 1.807) is 0 Å². The topological polar surface area (TPSA) is 81.8 Å². The number of ether oxygens (including phenoxy) is 1. The molecule has 6 nitrogen and oxygen atoms in total. The summed E-state index contributed by atoms with van der Waals surface area (Å²) in [6, 6.07) is 3.78. The molecular weight excluding hydrogens is 188 g/mol. The standard InChI is InChI=1S/C8H6N2O4/c1-14-8-3-2-6(10(12)13)4-7(8)9-5-11/h2-4H,1H3. The smallest absolute Gasteiger partial charge is 0.271 e. The quantitative estimate of drug-likeness (QED) is 0.316. The van der Waals surface area contributed by atoms with Gasteiger partial charge >= 0.3 is 0 Å². The Labute approximate surface area is 79.0 Å². The van der Waals surface area contributed by atoms with Crippen molar-refractivity contribution >= 4 is 17.5 Å². The van der Waals surface area contributed by atoms with Crippen LogP contribution in [0.15, 0.2) is 23.2 Å². The third kappa shape index (κ3) is 1.94. The molecule has 0 saturated carbocycles. The lowest BCUT2D eigenvalue weighted by atomic mass is 10.2. The van der Waals surface area contributed by atoms with Crippen LogP contribution in [0.1, 0.15) is 0 Å². The zero-order chi connectivity index (χ0) is 10.6. The molecule has 0 aromatic heterocycles. The number of aliphatic imine (C=N–C) groups is 1. The number of non-ortho nitro benzene ring substituents is 1. The zero-order valence-corrected chi connectivity index (χ0v) is 7.26. The van der Waals surface area contributed by atoms with E-state index in [1.165, 1.54) is 25.3 Å². The van der Waals surface area contributed by atoms with Gasteiger partial charge in [0, 0.05) is 12.1 Å². The van der Waals surface area contributed by atoms with Crippen molar-refractivity contribution in [3.63, 3.8) is 0 Å². The molecule has 72 valence electrons. The molecule has 0 amide bonds. The molecule has 6 heteroatoms. The summed E-state index contributed by atoms with van der Waals surface area (Å²) < 4.78 is 4.84. The van der Waals surface area contributed by atoms with Crippen molar-refractivity contribution in [3.8, 4) is 5.75 Å². The van der Waals surface area contributed by atoms with Crippen molar-refractivity contribution in [2.24, 2.45) is 4.99 Å². The third-order valence-electron chi connectivity index (χ3n) is 1.54. The van der Waals surface area contributed by atoms with Crippen LogP contribution in [0.5, 0.6) is 5.75 Å². The monoisotopic (exact) mass is 194 g/mol. The Hall–Kier alpha value is -2.20. The summed E-state index contributed by atoms with van der Waals surface area (Å²) in [5, 5.41) is 10.4. The molecule has 0 fully saturated rings. The van der Waals surface area contributed by atoms with E-state index in [0.717, 1.165) is 6.07 Å². The predicted octanol–water partition coefficient (Wildman–Crippen LogP) is 1.57. The van der Waals surface area contributed by atoms with Crippen LogP contribution in [-0.4, -0.2) is 18.1 Å². The molecule has 0 aliphatic rings. The minimum atomic E-state index is -0.580. The number of hydrogen-bond donors (Lipinski definition) is 0. The van der Waals surface area contributed by atoms with Gasteiger partial charge in [0.05, 0.1) is 12.0 Å². The van der Waals surface area contributed by atoms with Crippen LogP contribution < -0.4 is 4.74 Å². The van der Waals surface area contributed by atoms with E-state index in [0.29, 0.717) is 5.75 Å². The third-order valence-corrected chi connectivity index (χ3v) is 1.54. The molecule has 14 heavy (non-hydrogen) atoms. The van der Waals surface area contributed by atoms with E-state index in [2.05, 4.69) is 4.99 Å². The van der Waals surface area contributed by atoms with E-state index in [1.807, 2.05) is 0 Å². The first kappa shape index (κ1) is 9.88. The molecule has 0 heterocycles. The Morgan fingerprint density at radius 2 is 2.29 bits per heavy atom. The number of hydrogen-bond acceptors (Lipinski definition) is 5. The molecule has 1 aromatic rings. The summed E-state index contributed by atoms with van der Waals surface area (Å²) in [6.45, 7) is 0. The van der Waals surface area contributed by atoms with Gasteiger partial charge in [0.25, 0.3) is 5.69 Å². The number of isocyanates is 1. The molecule has 0 radical (unpaired) electrons. The van der Waals surface area contributed by atoms with Gasteiger partial charge in [-0.05, 0) is 6.07 Å². The Bertz CT molecular complexity index is 410. The minimum absolute atomic E-state index is 0.0942. The van der Waals surface area contributed by atoms with Crippen LogP contribution in [0, 0.1) is 10.1 Å². The number of carbonyl (C=O) groups excluding carboxylic acids is 1. The molecule has 0 spiro atoms. The van der Waals surface area contributed by atoms with Crippen molar-refractivity contribution < 1.29 is 14.5 Å². The van der Waals surface area contributed by atoms with Crippen molar-refractivity contribution in [1.82, 2.24) is 0 Å². The number of nitro benzene ring substituents is 1. The minimum Gasteiger partial charge on any atom is -0.494 e. The van der Waals surface area contributed by atoms with Gasteiger partial charge in [-0.1, -0.05) is 0 Å². The zero-order valence-electron chi connectivity index (χ0n) is 7.26. The first-order valence-corrected chi connectivity index (χ1v) is 3.59. The fraction of sp³-hybridized carbons (Fsp3) is 0.125. The summed E-state index contributed by atoms with van der Waals surface area (Å²) in [5.41, 5.74) is -0.0588. The van der Waals surface area contributed by atoms with Crippen LogP contribution in [0.4, 0.5) is 11.4 Å². The molecule has 0 aliphatic heterocycles. The van der Waals surface area contributed by atoms with E-state index in [9.17, 15) is 14.9 Å². The molecule has 0 atom stereocenters. The fourth-order valence-electron chi connectivity index (χ4n) is 0.928. The van der Waals surface area contributed by atoms with E-state index >= 15 is 0 Å². The highest BCUT2D eigenvalue weighted by Crippen LogP contribution is 2.30. The van der Waals surface area contributed by atoms with Gasteiger partial charge < -0.3 is 4.74 Å². The van der Waals surface area contributed by atoms with Gasteiger partial charge in [-0.25, -0.2) is 4.79 Å². The van der Waals surface area contributed by atoms with Crippen molar-refractivity contribution in [3.05, 3.63) is 28.3 Å². The molecule has 0 saturated heterocycles. The number of rotatable bonds is 3. The van der Waals surface area contributed by atoms with Gasteiger partial charge in [-0.15, -0.1) is 0 Å². The van der Waals surface area contributed by atoms with Gasteiger partial charge in [0.15, 0.2) is 0 Å². The Morgan fingerprint density at radius 1 is 1.57 bits per heavy atom. The van der Waals surface area contributed by atoms with E-state index in [4.69, 9.17) is 4.74 Å². The summed E-state index contributed by atoms with van der Waals surface area (Å²) in [5.74, 6) is 0.291. The van der Waals surface area contributed by atoms with Gasteiger partial charge in [0.2, 0.25) is 6.08 Å². The Morgan fingerprint density at radius 3 is 2.79 bits per heavy atom. The molecule has 1 rings (SSSR count). The summed E-state index contributed by atoms with van der Waals surface area (Å²) in [7, 11) is 1.38. The number of methoxy groups -OCH3 is 1. The highest BCUT2D eigenvalue weighted by Gasteiger charge is 2.10. The van der Waals surface area contributed by atoms with Crippen molar-refractivity contribution in [2.75, 3.05) is 7.11 Å². The average Bonchev–Trinajstić information content (AvgIpc) is 2.18. The molecular formula is C8H6N2O4. The normalized spacial score (nSPS) is 8.93. The molecule has 0 N–H and O–H groups in total. The van der Waals surface area contributed by atoms with Crippen LogP contribution in [0.2, 0.25) is 0 Å². The maximum absolute atomic E-state index is 10.4. The Balaban J connectivity index is 3.27. The predicted molar refractivity (Wildman–Crippen MR) is 47.4 cm³/mol. The van der Waals surface area contributed by atoms with Crippen molar-refractivity contribution in [2.45, 2.75) is 0 Å². The highest BCUT2D eigenvalue weighted by molar-refractivity contribution is 5.61. The number of nitro groups is 1.